The van der Waals surface area contributed by atoms with E-state index < -0.39 is 9.84 Å². The molecule has 0 spiro atoms. The van der Waals surface area contributed by atoms with Crippen LogP contribution < -0.4 is 9.47 Å². The topological polar surface area (TPSA) is 52.6 Å². The Morgan fingerprint density at radius 3 is 1.36 bits per heavy atom. The average molecular weight is 358 g/mol. The number of ether oxygens (including phenoxy) is 2. The van der Waals surface area contributed by atoms with Crippen LogP contribution in [0.1, 0.15) is 13.8 Å². The van der Waals surface area contributed by atoms with Gasteiger partial charge in [0, 0.05) is 0 Å². The molecule has 2 aromatic rings. The summed E-state index contributed by atoms with van der Waals surface area (Å²) in [5.41, 5.74) is 1.79. The van der Waals surface area contributed by atoms with Crippen molar-refractivity contribution in [3.8, 4) is 11.5 Å². The molecule has 0 saturated carbocycles. The van der Waals surface area contributed by atoms with E-state index in [1.54, 1.807) is 24.3 Å². The lowest BCUT2D eigenvalue weighted by Gasteiger charge is -2.09. The molecule has 0 atom stereocenters. The van der Waals surface area contributed by atoms with E-state index in [1.807, 2.05) is 13.8 Å². The molecule has 0 aliphatic heterocycles. The first-order valence-corrected chi connectivity index (χ1v) is 9.27. The first-order valence-electron chi connectivity index (χ1n) is 7.78. The molecule has 0 amide bonds. The van der Waals surface area contributed by atoms with Gasteiger partial charge in [0.05, 0.1) is 9.79 Å². The Kier molecular flexibility index (Phi) is 6.04. The summed E-state index contributed by atoms with van der Waals surface area (Å²) in [7, 11) is -3.58. The zero-order chi connectivity index (χ0) is 18.4. The second kappa shape index (κ2) is 8.03. The number of sulfone groups is 1. The maximum atomic E-state index is 12.7. The number of rotatable bonds is 8. The van der Waals surface area contributed by atoms with Crippen molar-refractivity contribution < 1.29 is 17.9 Å². The molecule has 25 heavy (non-hydrogen) atoms. The van der Waals surface area contributed by atoms with Gasteiger partial charge < -0.3 is 9.47 Å². The van der Waals surface area contributed by atoms with Crippen molar-refractivity contribution in [2.24, 2.45) is 0 Å². The van der Waals surface area contributed by atoms with Gasteiger partial charge in [-0.3, -0.25) is 0 Å². The highest BCUT2D eigenvalue weighted by Crippen LogP contribution is 2.25. The number of benzene rings is 2. The van der Waals surface area contributed by atoms with E-state index in [2.05, 4.69) is 13.2 Å². The maximum Gasteiger partial charge on any atom is 0.206 e. The van der Waals surface area contributed by atoms with Crippen LogP contribution in [0, 0.1) is 0 Å². The van der Waals surface area contributed by atoms with Crippen molar-refractivity contribution in [1.82, 2.24) is 0 Å². The van der Waals surface area contributed by atoms with Crippen molar-refractivity contribution in [2.45, 2.75) is 23.6 Å². The van der Waals surface area contributed by atoms with E-state index in [0.717, 1.165) is 11.1 Å². The van der Waals surface area contributed by atoms with Gasteiger partial charge in [0.15, 0.2) is 0 Å². The highest BCUT2D eigenvalue weighted by atomic mass is 32.2. The molecule has 132 valence electrons. The Bertz CT molecular complexity index is 780. The van der Waals surface area contributed by atoms with Crippen LogP contribution in [-0.4, -0.2) is 21.6 Å². The van der Waals surface area contributed by atoms with Crippen molar-refractivity contribution in [2.75, 3.05) is 13.2 Å². The third-order valence-corrected chi connectivity index (χ3v) is 5.02. The quantitative estimate of drug-likeness (QED) is 0.655. The molecule has 2 aromatic carbocycles. The molecule has 0 aliphatic rings. The summed E-state index contributed by atoms with van der Waals surface area (Å²) in [5.74, 6) is 1.20. The van der Waals surface area contributed by atoms with Crippen molar-refractivity contribution >= 4 is 9.84 Å². The maximum absolute atomic E-state index is 12.7. The van der Waals surface area contributed by atoms with Crippen LogP contribution in [0.2, 0.25) is 0 Å². The van der Waals surface area contributed by atoms with Crippen LogP contribution in [0.25, 0.3) is 0 Å². The molecular weight excluding hydrogens is 336 g/mol. The van der Waals surface area contributed by atoms with Crippen LogP contribution in [0.15, 0.2) is 82.6 Å². The zero-order valence-electron chi connectivity index (χ0n) is 14.5. The Balaban J connectivity index is 2.14. The lowest BCUT2D eigenvalue weighted by atomic mass is 10.3. The summed E-state index contributed by atoms with van der Waals surface area (Å²) in [6.45, 7) is 12.0. The van der Waals surface area contributed by atoms with Gasteiger partial charge in [-0.25, -0.2) is 8.42 Å². The van der Waals surface area contributed by atoms with Crippen molar-refractivity contribution in [1.29, 1.82) is 0 Å². The van der Waals surface area contributed by atoms with Gasteiger partial charge >= 0.3 is 0 Å². The summed E-state index contributed by atoms with van der Waals surface area (Å²) in [4.78, 5) is 0.427. The molecule has 0 bridgehead atoms. The molecule has 5 heteroatoms. The highest BCUT2D eigenvalue weighted by Gasteiger charge is 2.17. The third-order valence-electron chi connectivity index (χ3n) is 3.24. The monoisotopic (exact) mass is 358 g/mol. The largest absolute Gasteiger partial charge is 0.489 e. The highest BCUT2D eigenvalue weighted by molar-refractivity contribution is 7.91. The predicted octanol–water partition coefficient (Wildman–Crippen LogP) is 4.43. The predicted molar refractivity (Wildman–Crippen MR) is 99.0 cm³/mol. The molecule has 0 radical (unpaired) electrons. The molecule has 0 saturated heterocycles. The average Bonchev–Trinajstić information content (AvgIpc) is 2.59. The fourth-order valence-corrected chi connectivity index (χ4v) is 3.24. The van der Waals surface area contributed by atoms with E-state index in [0.29, 0.717) is 24.7 Å². The summed E-state index contributed by atoms with van der Waals surface area (Å²) < 4.78 is 36.3. The van der Waals surface area contributed by atoms with Crippen LogP contribution in [0.4, 0.5) is 0 Å². The summed E-state index contributed by atoms with van der Waals surface area (Å²) >= 11 is 0. The van der Waals surface area contributed by atoms with E-state index in [-0.39, 0.29) is 9.79 Å². The SMILES string of the molecule is C=C(C)COc1ccc(S(=O)(=O)c2ccc(OCC(=C)C)cc2)cc1. The van der Waals surface area contributed by atoms with E-state index in [9.17, 15) is 8.42 Å². The van der Waals surface area contributed by atoms with Crippen LogP contribution in [0.3, 0.4) is 0 Å². The van der Waals surface area contributed by atoms with Gasteiger partial charge in [0.1, 0.15) is 24.7 Å². The molecule has 2 rings (SSSR count). The summed E-state index contributed by atoms with van der Waals surface area (Å²) in [6.07, 6.45) is 0. The van der Waals surface area contributed by atoms with Gasteiger partial charge in [0.25, 0.3) is 0 Å². The minimum atomic E-state index is -3.58. The first kappa shape index (κ1) is 18.8. The molecule has 0 heterocycles. The second-order valence-corrected chi connectivity index (χ2v) is 7.89. The molecule has 0 N–H and O–H groups in total. The lowest BCUT2D eigenvalue weighted by molar-refractivity contribution is 0.352. The normalized spacial score (nSPS) is 11.0. The van der Waals surface area contributed by atoms with Gasteiger partial charge in [-0.15, -0.1) is 0 Å². The first-order chi connectivity index (χ1) is 11.8. The molecule has 0 aliphatic carbocycles. The fourth-order valence-electron chi connectivity index (χ4n) is 1.98. The smallest absolute Gasteiger partial charge is 0.206 e. The Morgan fingerprint density at radius 2 is 1.08 bits per heavy atom. The minimum Gasteiger partial charge on any atom is -0.489 e. The zero-order valence-corrected chi connectivity index (χ0v) is 15.3. The number of hydrogen-bond donors (Lipinski definition) is 0. The van der Waals surface area contributed by atoms with Gasteiger partial charge in [-0.2, -0.15) is 0 Å². The summed E-state index contributed by atoms with van der Waals surface area (Å²) in [5, 5.41) is 0. The van der Waals surface area contributed by atoms with Crippen LogP contribution >= 0.6 is 0 Å². The molecule has 0 aromatic heterocycles. The Morgan fingerprint density at radius 1 is 0.760 bits per heavy atom. The van der Waals surface area contributed by atoms with Crippen molar-refractivity contribution in [3.05, 3.63) is 72.8 Å². The van der Waals surface area contributed by atoms with E-state index >= 15 is 0 Å². The Hall–Kier alpha value is -2.53. The minimum absolute atomic E-state index is 0.214. The van der Waals surface area contributed by atoms with Gasteiger partial charge in [-0.1, -0.05) is 13.2 Å². The van der Waals surface area contributed by atoms with Gasteiger partial charge in [0.2, 0.25) is 9.84 Å². The number of hydrogen-bond acceptors (Lipinski definition) is 4. The Labute approximate surface area is 149 Å². The van der Waals surface area contributed by atoms with E-state index in [1.165, 1.54) is 24.3 Å². The second-order valence-electron chi connectivity index (χ2n) is 5.94. The standard InChI is InChI=1S/C20H22O4S/c1-15(2)13-23-17-5-9-19(10-6-17)25(21,22)20-11-7-18(8-12-20)24-14-16(3)4/h5-12H,1,3,13-14H2,2,4H3. The van der Waals surface area contributed by atoms with Crippen LogP contribution in [0.5, 0.6) is 11.5 Å². The molecular formula is C20H22O4S. The van der Waals surface area contributed by atoms with Crippen LogP contribution in [-0.2, 0) is 9.84 Å². The molecule has 0 fully saturated rings. The molecule has 4 nitrogen and oxygen atoms in total. The van der Waals surface area contributed by atoms with E-state index in [4.69, 9.17) is 9.47 Å². The fraction of sp³-hybridized carbons (Fsp3) is 0.200. The lowest BCUT2D eigenvalue weighted by Crippen LogP contribution is -2.03. The van der Waals surface area contributed by atoms with Crippen molar-refractivity contribution in [3.63, 3.8) is 0 Å². The summed E-state index contributed by atoms with van der Waals surface area (Å²) in [6, 6.07) is 12.7. The van der Waals surface area contributed by atoms with Gasteiger partial charge in [-0.05, 0) is 73.5 Å². The third kappa shape index (κ3) is 5.22. The molecule has 0 unspecified atom stereocenters.